The van der Waals surface area contributed by atoms with E-state index in [9.17, 15) is 19.7 Å². The number of hydrogen-bond acceptors (Lipinski definition) is 5. The van der Waals surface area contributed by atoms with E-state index < -0.39 is 10.9 Å². The van der Waals surface area contributed by atoms with Crippen LogP contribution < -0.4 is 0 Å². The Bertz CT molecular complexity index is 510. The number of carbonyl (C=O) groups excluding carboxylic acids is 2. The van der Waals surface area contributed by atoms with Gasteiger partial charge in [0.15, 0.2) is 5.78 Å². The number of hydrogen-bond donors (Lipinski definition) is 0. The lowest BCUT2D eigenvalue weighted by Crippen LogP contribution is -2.08. The van der Waals surface area contributed by atoms with Crippen molar-refractivity contribution in [2.75, 3.05) is 6.61 Å². The molecule has 0 saturated carbocycles. The van der Waals surface area contributed by atoms with E-state index in [0.717, 1.165) is 0 Å². The van der Waals surface area contributed by atoms with E-state index in [1.165, 1.54) is 30.3 Å². The Morgan fingerprint density at radius 1 is 1.37 bits per heavy atom. The van der Waals surface area contributed by atoms with E-state index >= 15 is 0 Å². The Kier molecular flexibility index (Phi) is 5.40. The summed E-state index contributed by atoms with van der Waals surface area (Å²) in [6, 6.07) is 5.40. The van der Waals surface area contributed by atoms with Gasteiger partial charge in [0.1, 0.15) is 6.61 Å². The monoisotopic (exact) mass is 263 g/mol. The third-order valence-electron chi connectivity index (χ3n) is 2.30. The largest absolute Gasteiger partial charge is 0.461 e. The highest BCUT2D eigenvalue weighted by molar-refractivity contribution is 5.98. The van der Waals surface area contributed by atoms with E-state index in [-0.39, 0.29) is 36.5 Å². The minimum atomic E-state index is -0.574. The number of esters is 1. The number of Topliss-reactive ketones (excluding diaryl/α,β-unsaturated/α-hetero) is 1. The summed E-state index contributed by atoms with van der Waals surface area (Å²) in [4.78, 5) is 32.9. The Hall–Kier alpha value is -2.50. The first kappa shape index (κ1) is 14.6. The van der Waals surface area contributed by atoms with Crippen LogP contribution in [0.25, 0.3) is 0 Å². The number of ketones is 1. The number of nitro groups is 1. The van der Waals surface area contributed by atoms with Crippen molar-refractivity contribution >= 4 is 17.4 Å². The third-order valence-corrected chi connectivity index (χ3v) is 2.30. The zero-order valence-corrected chi connectivity index (χ0v) is 10.2. The molecule has 0 aliphatic carbocycles. The predicted octanol–water partition coefficient (Wildman–Crippen LogP) is 2.29. The number of nitrogens with zero attached hydrogens (tertiary/aromatic N) is 1. The molecule has 6 heteroatoms. The normalized spacial score (nSPS) is 9.68. The predicted molar refractivity (Wildman–Crippen MR) is 67.8 cm³/mol. The molecule has 1 aromatic rings. The molecule has 0 aromatic heterocycles. The summed E-state index contributed by atoms with van der Waals surface area (Å²) in [5.41, 5.74) is 0.0609. The second-order valence-corrected chi connectivity index (χ2v) is 3.70. The minimum Gasteiger partial charge on any atom is -0.461 e. The van der Waals surface area contributed by atoms with Crippen molar-refractivity contribution in [3.05, 3.63) is 52.6 Å². The molecule has 0 N–H and O–H groups in total. The van der Waals surface area contributed by atoms with Gasteiger partial charge in [0.05, 0.1) is 11.3 Å². The number of non-ortho nitro benzene ring substituents is 1. The lowest BCUT2D eigenvalue weighted by atomic mass is 10.1. The van der Waals surface area contributed by atoms with E-state index in [1.54, 1.807) is 0 Å². The van der Waals surface area contributed by atoms with Gasteiger partial charge < -0.3 is 4.74 Å². The molecule has 19 heavy (non-hydrogen) atoms. The van der Waals surface area contributed by atoms with Crippen molar-refractivity contribution in [2.45, 2.75) is 12.8 Å². The molecule has 0 aliphatic rings. The molecule has 0 bridgehead atoms. The van der Waals surface area contributed by atoms with Crippen molar-refractivity contribution in [2.24, 2.45) is 0 Å². The molecule has 0 aliphatic heterocycles. The van der Waals surface area contributed by atoms with Crippen molar-refractivity contribution in [1.82, 2.24) is 0 Å². The number of nitro benzene ring substituents is 1. The maximum absolute atomic E-state index is 11.7. The van der Waals surface area contributed by atoms with Crippen molar-refractivity contribution in [1.29, 1.82) is 0 Å². The molecule has 0 fully saturated rings. The molecule has 1 rings (SSSR count). The smallest absolute Gasteiger partial charge is 0.306 e. The van der Waals surface area contributed by atoms with Gasteiger partial charge in [-0.1, -0.05) is 24.8 Å². The molecule has 0 spiro atoms. The van der Waals surface area contributed by atoms with Gasteiger partial charge in [-0.15, -0.1) is 0 Å². The Labute approximate surface area is 109 Å². The van der Waals surface area contributed by atoms with Gasteiger partial charge in [-0.2, -0.15) is 0 Å². The van der Waals surface area contributed by atoms with Gasteiger partial charge in [-0.25, -0.2) is 0 Å². The molecular formula is C13H13NO5. The SMILES string of the molecule is C=CCOC(=O)CCC(=O)c1cccc([N+](=O)[O-])c1. The van der Waals surface area contributed by atoms with Crippen molar-refractivity contribution < 1.29 is 19.2 Å². The molecule has 0 radical (unpaired) electrons. The number of ether oxygens (including phenoxy) is 1. The zero-order chi connectivity index (χ0) is 14.3. The molecule has 0 unspecified atom stereocenters. The molecular weight excluding hydrogens is 250 g/mol. The highest BCUT2D eigenvalue weighted by atomic mass is 16.6. The Morgan fingerprint density at radius 2 is 2.11 bits per heavy atom. The summed E-state index contributed by atoms with van der Waals surface area (Å²) in [5, 5.41) is 10.6. The van der Waals surface area contributed by atoms with Crippen LogP contribution >= 0.6 is 0 Å². The first-order chi connectivity index (χ1) is 9.04. The van der Waals surface area contributed by atoms with Gasteiger partial charge in [0.2, 0.25) is 0 Å². The standard InChI is InChI=1S/C13H13NO5/c1-2-8-19-13(16)7-6-12(15)10-4-3-5-11(9-10)14(17)18/h2-5,9H,1,6-8H2. The maximum atomic E-state index is 11.7. The molecule has 0 saturated heterocycles. The topological polar surface area (TPSA) is 86.5 Å². The lowest BCUT2D eigenvalue weighted by Gasteiger charge is -2.02. The molecule has 0 heterocycles. The van der Waals surface area contributed by atoms with Gasteiger partial charge in [-0.05, 0) is 0 Å². The van der Waals surface area contributed by atoms with Crippen LogP contribution in [0.4, 0.5) is 5.69 Å². The van der Waals surface area contributed by atoms with E-state index in [4.69, 9.17) is 4.74 Å². The second-order valence-electron chi connectivity index (χ2n) is 3.70. The summed E-state index contributed by atoms with van der Waals surface area (Å²) in [6.45, 7) is 3.49. The minimum absolute atomic E-state index is 0.0445. The fraction of sp³-hybridized carbons (Fsp3) is 0.231. The highest BCUT2D eigenvalue weighted by Crippen LogP contribution is 2.15. The van der Waals surface area contributed by atoms with Crippen molar-refractivity contribution in [3.63, 3.8) is 0 Å². The quantitative estimate of drug-likeness (QED) is 0.247. The molecule has 6 nitrogen and oxygen atoms in total. The summed E-state index contributed by atoms with van der Waals surface area (Å²) >= 11 is 0. The zero-order valence-electron chi connectivity index (χ0n) is 10.2. The summed E-state index contributed by atoms with van der Waals surface area (Å²) in [7, 11) is 0. The molecule has 1 aromatic carbocycles. The Morgan fingerprint density at radius 3 is 2.74 bits per heavy atom. The Balaban J connectivity index is 2.58. The number of rotatable bonds is 7. The summed E-state index contributed by atoms with van der Waals surface area (Å²) < 4.78 is 4.72. The van der Waals surface area contributed by atoms with Gasteiger partial charge >= 0.3 is 5.97 Å². The average molecular weight is 263 g/mol. The van der Waals surface area contributed by atoms with Crippen LogP contribution in [0.15, 0.2) is 36.9 Å². The maximum Gasteiger partial charge on any atom is 0.306 e. The van der Waals surface area contributed by atoms with Crippen LogP contribution in [0.1, 0.15) is 23.2 Å². The number of carbonyl (C=O) groups is 2. The van der Waals surface area contributed by atoms with E-state index in [0.29, 0.717) is 0 Å². The lowest BCUT2D eigenvalue weighted by molar-refractivity contribution is -0.384. The van der Waals surface area contributed by atoms with Crippen LogP contribution in [0.2, 0.25) is 0 Å². The number of benzene rings is 1. The average Bonchev–Trinajstić information content (AvgIpc) is 2.42. The summed E-state index contributed by atoms with van der Waals surface area (Å²) in [6.07, 6.45) is 1.33. The molecule has 0 atom stereocenters. The van der Waals surface area contributed by atoms with E-state index in [1.807, 2.05) is 0 Å². The third kappa shape index (κ3) is 4.71. The van der Waals surface area contributed by atoms with Gasteiger partial charge in [0, 0.05) is 24.1 Å². The molecule has 100 valence electrons. The van der Waals surface area contributed by atoms with Crippen LogP contribution in [-0.2, 0) is 9.53 Å². The second kappa shape index (κ2) is 7.05. The fourth-order valence-corrected chi connectivity index (χ4v) is 1.38. The van der Waals surface area contributed by atoms with Crippen LogP contribution in [0.5, 0.6) is 0 Å². The van der Waals surface area contributed by atoms with Crippen LogP contribution in [-0.4, -0.2) is 23.3 Å². The van der Waals surface area contributed by atoms with Gasteiger partial charge in [-0.3, -0.25) is 19.7 Å². The van der Waals surface area contributed by atoms with E-state index in [2.05, 4.69) is 6.58 Å². The summed E-state index contributed by atoms with van der Waals surface area (Å²) in [5.74, 6) is -0.835. The highest BCUT2D eigenvalue weighted by Gasteiger charge is 2.13. The fourth-order valence-electron chi connectivity index (χ4n) is 1.38. The van der Waals surface area contributed by atoms with Crippen molar-refractivity contribution in [3.8, 4) is 0 Å². The first-order valence-electron chi connectivity index (χ1n) is 5.58. The van der Waals surface area contributed by atoms with Crippen LogP contribution in [0.3, 0.4) is 0 Å². The van der Waals surface area contributed by atoms with Gasteiger partial charge in [0.25, 0.3) is 5.69 Å². The van der Waals surface area contributed by atoms with Crippen LogP contribution in [0, 0.1) is 10.1 Å². The molecule has 0 amide bonds. The first-order valence-corrected chi connectivity index (χ1v) is 5.58.